The number of nitrogens with zero attached hydrogens (tertiary/aromatic N) is 2. The third-order valence-electron chi connectivity index (χ3n) is 4.19. The van der Waals surface area contributed by atoms with Crippen LogP contribution in [0.5, 0.6) is 0 Å². The molecule has 0 amide bonds. The maximum atomic E-state index is 10.8. The fraction of sp³-hybridized carbons (Fsp3) is 0.667. The molecule has 92 valence electrons. The van der Waals surface area contributed by atoms with Gasteiger partial charge in [-0.2, -0.15) is 0 Å². The van der Waals surface area contributed by atoms with E-state index in [0.29, 0.717) is 18.0 Å². The lowest BCUT2D eigenvalue weighted by molar-refractivity contribution is 0.0690. The van der Waals surface area contributed by atoms with E-state index in [1.807, 2.05) is 0 Å². The second-order valence-electron chi connectivity index (χ2n) is 5.09. The molecule has 0 saturated carbocycles. The molecular formula is C12H16N2O3. The molecule has 2 saturated heterocycles. The largest absolute Gasteiger partial charge is 0.476 e. The quantitative estimate of drug-likeness (QED) is 0.846. The molecule has 1 aromatic heterocycles. The van der Waals surface area contributed by atoms with Gasteiger partial charge in [0.2, 0.25) is 0 Å². The van der Waals surface area contributed by atoms with Crippen LogP contribution in [-0.2, 0) is 0 Å². The maximum Gasteiger partial charge on any atom is 0.357 e. The van der Waals surface area contributed by atoms with Gasteiger partial charge in [-0.1, -0.05) is 0 Å². The fourth-order valence-electron chi connectivity index (χ4n) is 3.19. The first kappa shape index (κ1) is 10.8. The number of hydrogen-bond donors (Lipinski definition) is 1. The van der Waals surface area contributed by atoms with Crippen LogP contribution in [0.25, 0.3) is 0 Å². The Morgan fingerprint density at radius 1 is 1.47 bits per heavy atom. The Balaban J connectivity index is 1.79. The Bertz CT molecular complexity index is 429. The van der Waals surface area contributed by atoms with E-state index in [-0.39, 0.29) is 11.6 Å². The SMILES string of the molecule is CN1[C@H]2CC[C@H]1CC(c1nc(C(=O)O)co1)C2. The van der Waals surface area contributed by atoms with Gasteiger partial charge in [-0.05, 0) is 32.7 Å². The highest BCUT2D eigenvalue weighted by Gasteiger charge is 2.40. The first-order chi connectivity index (χ1) is 8.15. The zero-order valence-electron chi connectivity index (χ0n) is 9.80. The number of oxazole rings is 1. The second-order valence-corrected chi connectivity index (χ2v) is 5.09. The normalized spacial score (nSPS) is 32.9. The molecule has 0 aliphatic carbocycles. The van der Waals surface area contributed by atoms with E-state index in [0.717, 1.165) is 12.8 Å². The number of carboxylic acid groups (broad SMARTS) is 1. The number of carbonyl (C=O) groups is 1. The molecule has 5 heteroatoms. The fourth-order valence-corrected chi connectivity index (χ4v) is 3.19. The van der Waals surface area contributed by atoms with Crippen molar-refractivity contribution >= 4 is 5.97 Å². The van der Waals surface area contributed by atoms with Crippen LogP contribution in [-0.4, -0.2) is 40.1 Å². The van der Waals surface area contributed by atoms with Gasteiger partial charge in [-0.15, -0.1) is 0 Å². The average molecular weight is 236 g/mol. The molecule has 2 aliphatic rings. The lowest BCUT2D eigenvalue weighted by Crippen LogP contribution is -2.39. The highest BCUT2D eigenvalue weighted by Crippen LogP contribution is 2.41. The molecule has 2 atom stereocenters. The monoisotopic (exact) mass is 236 g/mol. The van der Waals surface area contributed by atoms with Gasteiger partial charge in [0.1, 0.15) is 6.26 Å². The number of rotatable bonds is 2. The van der Waals surface area contributed by atoms with Crippen LogP contribution in [0, 0.1) is 0 Å². The van der Waals surface area contributed by atoms with Crippen molar-refractivity contribution in [3.05, 3.63) is 17.8 Å². The van der Waals surface area contributed by atoms with Gasteiger partial charge in [0.05, 0.1) is 0 Å². The van der Waals surface area contributed by atoms with Gasteiger partial charge < -0.3 is 14.4 Å². The molecule has 2 fully saturated rings. The van der Waals surface area contributed by atoms with Crippen molar-refractivity contribution in [1.29, 1.82) is 0 Å². The first-order valence-corrected chi connectivity index (χ1v) is 6.06. The van der Waals surface area contributed by atoms with Gasteiger partial charge in [0.15, 0.2) is 11.6 Å². The Labute approximate surface area is 99.4 Å². The van der Waals surface area contributed by atoms with Gasteiger partial charge in [-0.3, -0.25) is 0 Å². The highest BCUT2D eigenvalue weighted by atomic mass is 16.4. The second kappa shape index (κ2) is 3.84. The summed E-state index contributed by atoms with van der Waals surface area (Å²) in [5.41, 5.74) is 0.0197. The number of aromatic nitrogens is 1. The molecule has 0 spiro atoms. The zero-order valence-corrected chi connectivity index (χ0v) is 9.80. The molecule has 2 aliphatic heterocycles. The summed E-state index contributed by atoms with van der Waals surface area (Å²) in [6.07, 6.45) is 5.80. The number of fused-ring (bicyclic) bond motifs is 2. The molecule has 1 aromatic rings. The van der Waals surface area contributed by atoms with Crippen molar-refractivity contribution in [2.24, 2.45) is 0 Å². The molecule has 17 heavy (non-hydrogen) atoms. The molecule has 0 aromatic carbocycles. The molecule has 5 nitrogen and oxygen atoms in total. The van der Waals surface area contributed by atoms with E-state index in [9.17, 15) is 4.79 Å². The Morgan fingerprint density at radius 2 is 2.12 bits per heavy atom. The summed E-state index contributed by atoms with van der Waals surface area (Å²) in [6, 6.07) is 1.22. The van der Waals surface area contributed by atoms with Crippen LogP contribution < -0.4 is 0 Å². The highest BCUT2D eigenvalue weighted by molar-refractivity contribution is 5.84. The van der Waals surface area contributed by atoms with E-state index in [2.05, 4.69) is 16.9 Å². The molecule has 3 rings (SSSR count). The van der Waals surface area contributed by atoms with Gasteiger partial charge in [-0.25, -0.2) is 9.78 Å². The van der Waals surface area contributed by atoms with E-state index in [4.69, 9.17) is 9.52 Å². The van der Waals surface area contributed by atoms with Crippen LogP contribution in [0.15, 0.2) is 10.7 Å². The molecule has 0 unspecified atom stereocenters. The van der Waals surface area contributed by atoms with Crippen LogP contribution in [0.2, 0.25) is 0 Å². The lowest BCUT2D eigenvalue weighted by atomic mass is 9.91. The minimum absolute atomic E-state index is 0.0197. The van der Waals surface area contributed by atoms with Crippen molar-refractivity contribution in [2.75, 3.05) is 7.05 Å². The number of piperidine rings is 1. The van der Waals surface area contributed by atoms with Crippen molar-refractivity contribution in [3.8, 4) is 0 Å². The standard InChI is InChI=1S/C12H16N2O3/c1-14-8-2-3-9(14)5-7(4-8)11-13-10(6-17-11)12(15)16/h6-9H,2-5H2,1H3,(H,15,16)/t8-,9-/m0/s1. The molecular weight excluding hydrogens is 220 g/mol. The summed E-state index contributed by atoms with van der Waals surface area (Å²) in [4.78, 5) is 17.3. The van der Waals surface area contributed by atoms with Gasteiger partial charge in [0, 0.05) is 18.0 Å². The van der Waals surface area contributed by atoms with E-state index in [1.54, 1.807) is 0 Å². The van der Waals surface area contributed by atoms with E-state index < -0.39 is 5.97 Å². The van der Waals surface area contributed by atoms with Crippen molar-refractivity contribution < 1.29 is 14.3 Å². The van der Waals surface area contributed by atoms with Crippen molar-refractivity contribution in [3.63, 3.8) is 0 Å². The minimum Gasteiger partial charge on any atom is -0.476 e. The predicted molar refractivity (Wildman–Crippen MR) is 60.0 cm³/mol. The smallest absolute Gasteiger partial charge is 0.357 e. The zero-order chi connectivity index (χ0) is 12.0. The average Bonchev–Trinajstić information content (AvgIpc) is 2.83. The summed E-state index contributed by atoms with van der Waals surface area (Å²) < 4.78 is 5.31. The third-order valence-corrected chi connectivity index (χ3v) is 4.19. The predicted octanol–water partition coefficient (Wildman–Crippen LogP) is 1.71. The Kier molecular flexibility index (Phi) is 2.43. The van der Waals surface area contributed by atoms with Crippen molar-refractivity contribution in [1.82, 2.24) is 9.88 Å². The summed E-state index contributed by atoms with van der Waals surface area (Å²) in [6.45, 7) is 0. The Hall–Kier alpha value is -1.36. The maximum absolute atomic E-state index is 10.8. The summed E-state index contributed by atoms with van der Waals surface area (Å²) in [5.74, 6) is -0.125. The molecule has 0 radical (unpaired) electrons. The topological polar surface area (TPSA) is 66.6 Å². The molecule has 3 heterocycles. The molecule has 1 N–H and O–H groups in total. The van der Waals surface area contributed by atoms with Crippen LogP contribution in [0.3, 0.4) is 0 Å². The lowest BCUT2D eigenvalue weighted by Gasteiger charge is -2.34. The van der Waals surface area contributed by atoms with Crippen LogP contribution >= 0.6 is 0 Å². The van der Waals surface area contributed by atoms with Crippen LogP contribution in [0.1, 0.15) is 48.0 Å². The third kappa shape index (κ3) is 1.74. The first-order valence-electron chi connectivity index (χ1n) is 6.06. The van der Waals surface area contributed by atoms with Crippen molar-refractivity contribution in [2.45, 2.75) is 43.7 Å². The Morgan fingerprint density at radius 3 is 2.65 bits per heavy atom. The van der Waals surface area contributed by atoms with E-state index in [1.165, 1.54) is 19.1 Å². The number of hydrogen-bond acceptors (Lipinski definition) is 4. The van der Waals surface area contributed by atoms with Crippen LogP contribution in [0.4, 0.5) is 0 Å². The van der Waals surface area contributed by atoms with Gasteiger partial charge in [0.25, 0.3) is 0 Å². The number of aromatic carboxylic acids is 1. The minimum atomic E-state index is -1.02. The number of carboxylic acids is 1. The summed E-state index contributed by atoms with van der Waals surface area (Å²) >= 11 is 0. The molecule has 2 bridgehead atoms. The van der Waals surface area contributed by atoms with E-state index >= 15 is 0 Å². The van der Waals surface area contributed by atoms with Gasteiger partial charge >= 0.3 is 5.97 Å². The summed E-state index contributed by atoms with van der Waals surface area (Å²) in [7, 11) is 2.18. The summed E-state index contributed by atoms with van der Waals surface area (Å²) in [5, 5.41) is 8.82.